The lowest BCUT2D eigenvalue weighted by Crippen LogP contribution is -2.44. The van der Waals surface area contributed by atoms with Gasteiger partial charge in [-0.25, -0.2) is 0 Å². The third kappa shape index (κ3) is 3.62. The standard InChI is InChI=1S/C19H21NO4/c1-3-22-15-10-8-14(9-11-15)13(2)20-19(21)18-12-23-16-6-4-5-7-17(16)24-18/h4-11,13,18H,3,12H2,1-2H3,(H,20,21)/t13-,18+/m0/s1. The van der Waals surface area contributed by atoms with Crippen LogP contribution in [0.4, 0.5) is 0 Å². The molecule has 0 unspecified atom stereocenters. The zero-order chi connectivity index (χ0) is 16.9. The number of hydrogen-bond donors (Lipinski definition) is 1. The number of carbonyl (C=O) groups is 1. The van der Waals surface area contributed by atoms with Gasteiger partial charge in [-0.1, -0.05) is 24.3 Å². The molecule has 2 aromatic carbocycles. The van der Waals surface area contributed by atoms with Crippen molar-refractivity contribution >= 4 is 5.91 Å². The monoisotopic (exact) mass is 327 g/mol. The van der Waals surface area contributed by atoms with Crippen molar-refractivity contribution in [3.8, 4) is 17.2 Å². The molecule has 5 nitrogen and oxygen atoms in total. The van der Waals surface area contributed by atoms with Crippen molar-refractivity contribution in [1.29, 1.82) is 0 Å². The molecule has 0 bridgehead atoms. The Bertz CT molecular complexity index is 699. The van der Waals surface area contributed by atoms with Gasteiger partial charge in [0.05, 0.1) is 12.6 Å². The van der Waals surface area contributed by atoms with Crippen LogP contribution in [-0.2, 0) is 4.79 Å². The largest absolute Gasteiger partial charge is 0.494 e. The second-order valence-corrected chi connectivity index (χ2v) is 5.60. The SMILES string of the molecule is CCOc1ccc([C@H](C)NC(=O)[C@H]2COc3ccccc3O2)cc1. The molecule has 5 heteroatoms. The van der Waals surface area contributed by atoms with Crippen molar-refractivity contribution in [2.45, 2.75) is 26.0 Å². The van der Waals surface area contributed by atoms with E-state index in [9.17, 15) is 4.79 Å². The average molecular weight is 327 g/mol. The molecule has 2 aromatic rings. The normalized spacial score (nSPS) is 17.0. The van der Waals surface area contributed by atoms with Crippen LogP contribution in [0.5, 0.6) is 17.2 Å². The molecule has 1 heterocycles. The van der Waals surface area contributed by atoms with Crippen molar-refractivity contribution in [3.63, 3.8) is 0 Å². The fraction of sp³-hybridized carbons (Fsp3) is 0.316. The van der Waals surface area contributed by atoms with Crippen molar-refractivity contribution in [3.05, 3.63) is 54.1 Å². The number of para-hydroxylation sites is 2. The molecule has 0 aromatic heterocycles. The van der Waals surface area contributed by atoms with Crippen LogP contribution in [0.15, 0.2) is 48.5 Å². The van der Waals surface area contributed by atoms with Crippen molar-refractivity contribution in [1.82, 2.24) is 5.32 Å². The molecule has 24 heavy (non-hydrogen) atoms. The second-order valence-electron chi connectivity index (χ2n) is 5.60. The lowest BCUT2D eigenvalue weighted by atomic mass is 10.1. The molecule has 1 aliphatic heterocycles. The third-order valence-electron chi connectivity index (χ3n) is 3.85. The maximum Gasteiger partial charge on any atom is 0.265 e. The summed E-state index contributed by atoms with van der Waals surface area (Å²) < 4.78 is 16.7. The van der Waals surface area contributed by atoms with Gasteiger partial charge < -0.3 is 19.5 Å². The minimum Gasteiger partial charge on any atom is -0.494 e. The maximum atomic E-state index is 12.4. The summed E-state index contributed by atoms with van der Waals surface area (Å²) in [7, 11) is 0. The zero-order valence-corrected chi connectivity index (χ0v) is 13.8. The molecule has 2 atom stereocenters. The van der Waals surface area contributed by atoms with Crippen LogP contribution < -0.4 is 19.5 Å². The van der Waals surface area contributed by atoms with E-state index in [1.807, 2.05) is 56.3 Å². The van der Waals surface area contributed by atoms with E-state index in [1.54, 1.807) is 6.07 Å². The Morgan fingerprint density at radius 1 is 1.21 bits per heavy atom. The fourth-order valence-corrected chi connectivity index (χ4v) is 2.56. The van der Waals surface area contributed by atoms with Crippen LogP contribution >= 0.6 is 0 Å². The van der Waals surface area contributed by atoms with Crippen LogP contribution in [0.1, 0.15) is 25.5 Å². The van der Waals surface area contributed by atoms with Gasteiger partial charge in [0.15, 0.2) is 11.5 Å². The zero-order valence-electron chi connectivity index (χ0n) is 13.8. The summed E-state index contributed by atoms with van der Waals surface area (Å²) in [5.41, 5.74) is 1.00. The van der Waals surface area contributed by atoms with Crippen LogP contribution in [0.2, 0.25) is 0 Å². The smallest absolute Gasteiger partial charge is 0.265 e. The highest BCUT2D eigenvalue weighted by molar-refractivity contribution is 5.82. The summed E-state index contributed by atoms with van der Waals surface area (Å²) in [6, 6.07) is 14.9. The Morgan fingerprint density at radius 2 is 1.92 bits per heavy atom. The first-order valence-electron chi connectivity index (χ1n) is 8.09. The first-order valence-corrected chi connectivity index (χ1v) is 8.09. The fourth-order valence-electron chi connectivity index (χ4n) is 2.56. The van der Waals surface area contributed by atoms with Crippen LogP contribution in [0.25, 0.3) is 0 Å². The van der Waals surface area contributed by atoms with Gasteiger partial charge in [-0.2, -0.15) is 0 Å². The molecule has 1 amide bonds. The Hall–Kier alpha value is -2.69. The molecule has 0 aliphatic carbocycles. The Kier molecular flexibility index (Phi) is 4.89. The van der Waals surface area contributed by atoms with Gasteiger partial charge in [0.2, 0.25) is 6.10 Å². The quantitative estimate of drug-likeness (QED) is 0.917. The van der Waals surface area contributed by atoms with E-state index < -0.39 is 6.10 Å². The van der Waals surface area contributed by atoms with Crippen LogP contribution in [-0.4, -0.2) is 25.2 Å². The lowest BCUT2D eigenvalue weighted by Gasteiger charge is -2.26. The van der Waals surface area contributed by atoms with Gasteiger partial charge >= 0.3 is 0 Å². The van der Waals surface area contributed by atoms with Crippen LogP contribution in [0.3, 0.4) is 0 Å². The van der Waals surface area contributed by atoms with Gasteiger partial charge in [-0.05, 0) is 43.7 Å². The lowest BCUT2D eigenvalue weighted by molar-refractivity contribution is -0.131. The van der Waals surface area contributed by atoms with E-state index in [0.717, 1.165) is 11.3 Å². The number of rotatable bonds is 5. The molecular weight excluding hydrogens is 306 g/mol. The number of ether oxygens (including phenoxy) is 3. The Balaban J connectivity index is 1.60. The van der Waals surface area contributed by atoms with Crippen molar-refractivity contribution in [2.24, 2.45) is 0 Å². The predicted molar refractivity (Wildman–Crippen MR) is 90.5 cm³/mol. The molecule has 1 N–H and O–H groups in total. The van der Waals surface area contributed by atoms with Gasteiger partial charge in [0.25, 0.3) is 5.91 Å². The number of carbonyl (C=O) groups excluding carboxylic acids is 1. The summed E-state index contributed by atoms with van der Waals surface area (Å²) >= 11 is 0. The van der Waals surface area contributed by atoms with Crippen molar-refractivity contribution in [2.75, 3.05) is 13.2 Å². The van der Waals surface area contributed by atoms with E-state index in [0.29, 0.717) is 18.1 Å². The van der Waals surface area contributed by atoms with Gasteiger partial charge in [-0.3, -0.25) is 4.79 Å². The van der Waals surface area contributed by atoms with Gasteiger partial charge in [0, 0.05) is 0 Å². The third-order valence-corrected chi connectivity index (χ3v) is 3.85. The summed E-state index contributed by atoms with van der Waals surface area (Å²) in [4.78, 5) is 12.4. The van der Waals surface area contributed by atoms with E-state index in [4.69, 9.17) is 14.2 Å². The number of amides is 1. The van der Waals surface area contributed by atoms with Gasteiger partial charge in [-0.15, -0.1) is 0 Å². The Labute approximate surface area is 141 Å². The van der Waals surface area contributed by atoms with E-state index >= 15 is 0 Å². The number of nitrogens with one attached hydrogen (secondary N) is 1. The Morgan fingerprint density at radius 3 is 2.62 bits per heavy atom. The summed E-state index contributed by atoms with van der Waals surface area (Å²) in [6.45, 7) is 4.72. The van der Waals surface area contributed by atoms with E-state index in [1.165, 1.54) is 0 Å². The summed E-state index contributed by atoms with van der Waals surface area (Å²) in [6.07, 6.45) is -0.648. The summed E-state index contributed by atoms with van der Waals surface area (Å²) in [5, 5.41) is 2.96. The molecule has 0 saturated heterocycles. The topological polar surface area (TPSA) is 56.8 Å². The first kappa shape index (κ1) is 16.2. The second kappa shape index (κ2) is 7.25. The molecular formula is C19H21NO4. The van der Waals surface area contributed by atoms with E-state index in [2.05, 4.69) is 5.32 Å². The highest BCUT2D eigenvalue weighted by Crippen LogP contribution is 2.31. The van der Waals surface area contributed by atoms with E-state index in [-0.39, 0.29) is 18.6 Å². The molecule has 0 radical (unpaired) electrons. The highest BCUT2D eigenvalue weighted by atomic mass is 16.6. The maximum absolute atomic E-state index is 12.4. The molecule has 3 rings (SSSR count). The van der Waals surface area contributed by atoms with Crippen molar-refractivity contribution < 1.29 is 19.0 Å². The highest BCUT2D eigenvalue weighted by Gasteiger charge is 2.28. The molecule has 0 spiro atoms. The summed E-state index contributed by atoms with van der Waals surface area (Å²) in [5.74, 6) is 1.89. The number of benzene rings is 2. The minimum absolute atomic E-state index is 0.131. The van der Waals surface area contributed by atoms with Gasteiger partial charge in [0.1, 0.15) is 12.4 Å². The predicted octanol–water partition coefficient (Wildman–Crippen LogP) is 3.10. The molecule has 0 saturated carbocycles. The van der Waals surface area contributed by atoms with Crippen LogP contribution in [0, 0.1) is 0 Å². The first-order chi connectivity index (χ1) is 11.7. The minimum atomic E-state index is -0.648. The molecule has 0 fully saturated rings. The number of fused-ring (bicyclic) bond motifs is 1. The molecule has 1 aliphatic rings. The molecule has 126 valence electrons. The number of hydrogen-bond acceptors (Lipinski definition) is 4. The average Bonchev–Trinajstić information content (AvgIpc) is 2.62.